The van der Waals surface area contributed by atoms with Gasteiger partial charge in [-0.25, -0.2) is 14.8 Å². The van der Waals surface area contributed by atoms with E-state index in [4.69, 9.17) is 10.5 Å². The first kappa shape index (κ1) is 23.6. The zero-order valence-electron chi connectivity index (χ0n) is 19.8. The molecule has 1 saturated heterocycles. The molecule has 4 N–H and O–H groups in total. The third-order valence-corrected chi connectivity index (χ3v) is 6.19. The van der Waals surface area contributed by atoms with E-state index < -0.39 is 5.91 Å². The summed E-state index contributed by atoms with van der Waals surface area (Å²) in [6.07, 6.45) is 8.27. The lowest BCUT2D eigenvalue weighted by atomic mass is 10.1. The van der Waals surface area contributed by atoms with Crippen molar-refractivity contribution in [2.75, 3.05) is 37.4 Å². The summed E-state index contributed by atoms with van der Waals surface area (Å²) >= 11 is 0. The number of piperidine rings is 1. The van der Waals surface area contributed by atoms with E-state index in [0.29, 0.717) is 24.3 Å². The normalized spacial score (nSPS) is 18.4. The van der Waals surface area contributed by atoms with Gasteiger partial charge < -0.3 is 30.9 Å². The van der Waals surface area contributed by atoms with Gasteiger partial charge in [0.15, 0.2) is 11.5 Å². The molecule has 0 radical (unpaired) electrons. The van der Waals surface area contributed by atoms with Crippen LogP contribution >= 0.6 is 0 Å². The van der Waals surface area contributed by atoms with Crippen molar-refractivity contribution in [3.63, 3.8) is 0 Å². The molecule has 182 valence electrons. The Bertz CT molecular complexity index is 1010. The minimum Gasteiger partial charge on any atom is -0.490 e. The molecular formula is C24H33N7O3. The fourth-order valence-electron chi connectivity index (χ4n) is 4.36. The quantitative estimate of drug-likeness (QED) is 0.572. The lowest BCUT2D eigenvalue weighted by Gasteiger charge is -2.34. The molecule has 2 aromatic rings. The second-order valence-electron chi connectivity index (χ2n) is 9.09. The van der Waals surface area contributed by atoms with Crippen molar-refractivity contribution in [2.24, 2.45) is 5.73 Å². The fourth-order valence-corrected chi connectivity index (χ4v) is 4.36. The molecule has 2 aliphatic rings. The van der Waals surface area contributed by atoms with Crippen LogP contribution in [-0.4, -0.2) is 66.1 Å². The van der Waals surface area contributed by atoms with Gasteiger partial charge in [0.25, 0.3) is 5.91 Å². The third kappa shape index (κ3) is 5.86. The first-order valence-electron chi connectivity index (χ1n) is 11.8. The average Bonchev–Trinajstić information content (AvgIpc) is 3.33. The summed E-state index contributed by atoms with van der Waals surface area (Å²) < 4.78 is 6.02. The van der Waals surface area contributed by atoms with Crippen molar-refractivity contribution in [1.82, 2.24) is 20.2 Å². The largest absolute Gasteiger partial charge is 0.490 e. The predicted molar refractivity (Wildman–Crippen MR) is 131 cm³/mol. The molecule has 10 heteroatoms. The Hall–Kier alpha value is -3.56. The van der Waals surface area contributed by atoms with Crippen LogP contribution < -0.4 is 26.0 Å². The number of nitrogens with zero attached hydrogens (tertiary/aromatic N) is 4. The molecule has 1 aromatic carbocycles. The highest BCUT2D eigenvalue weighted by Gasteiger charge is 2.24. The zero-order chi connectivity index (χ0) is 24.1. The van der Waals surface area contributed by atoms with Crippen LogP contribution in [0.2, 0.25) is 0 Å². The molecule has 1 atom stereocenters. The number of aromatic nitrogens is 2. The number of anilines is 3. The summed E-state index contributed by atoms with van der Waals surface area (Å²) in [5, 5.41) is 6.21. The van der Waals surface area contributed by atoms with Crippen LogP contribution in [-0.2, 0) is 0 Å². The molecule has 0 unspecified atom stereocenters. The van der Waals surface area contributed by atoms with Gasteiger partial charge in [0.05, 0.1) is 12.3 Å². The Morgan fingerprint density at radius 3 is 2.53 bits per heavy atom. The minimum atomic E-state index is -0.655. The lowest BCUT2D eigenvalue weighted by molar-refractivity contribution is 0.0996. The van der Waals surface area contributed by atoms with Crippen LogP contribution in [0.4, 0.5) is 22.1 Å². The zero-order valence-corrected chi connectivity index (χ0v) is 19.8. The van der Waals surface area contributed by atoms with E-state index in [1.54, 1.807) is 20.3 Å². The van der Waals surface area contributed by atoms with Crippen LogP contribution in [0.15, 0.2) is 30.5 Å². The molecule has 0 bridgehead atoms. The van der Waals surface area contributed by atoms with Gasteiger partial charge in [0, 0.05) is 38.9 Å². The van der Waals surface area contributed by atoms with E-state index in [1.165, 1.54) is 17.7 Å². The summed E-state index contributed by atoms with van der Waals surface area (Å²) in [6.45, 7) is 1.39. The summed E-state index contributed by atoms with van der Waals surface area (Å²) in [7, 11) is 3.44. The number of carbonyl (C=O) groups is 2. The van der Waals surface area contributed by atoms with Gasteiger partial charge in [-0.1, -0.05) is 0 Å². The van der Waals surface area contributed by atoms with Crippen LogP contribution in [0, 0.1) is 0 Å². The summed E-state index contributed by atoms with van der Waals surface area (Å²) in [5.74, 6) is 1.09. The smallest absolute Gasteiger partial charge is 0.317 e. The van der Waals surface area contributed by atoms with Crippen LogP contribution in [0.3, 0.4) is 0 Å². The molecule has 1 saturated carbocycles. The molecule has 4 rings (SSSR count). The molecule has 0 spiro atoms. The molecule has 1 aliphatic carbocycles. The number of nitrogens with one attached hydrogen (secondary N) is 2. The minimum absolute atomic E-state index is 0.00471. The Labute approximate surface area is 199 Å². The Morgan fingerprint density at radius 2 is 1.85 bits per heavy atom. The van der Waals surface area contributed by atoms with Crippen molar-refractivity contribution in [2.45, 2.75) is 50.7 Å². The number of ether oxygens (including phenoxy) is 1. The Balaban J connectivity index is 1.47. The number of rotatable bonds is 7. The van der Waals surface area contributed by atoms with Crippen molar-refractivity contribution in [1.29, 1.82) is 0 Å². The SMILES string of the molecule is CN(C)C(=O)N[C@@H]1CCCN(c2cnc(C(N)=O)c(Nc3ccc(OC4CCCC4)cc3)n2)C1. The second kappa shape index (κ2) is 10.6. The van der Waals surface area contributed by atoms with Crippen LogP contribution in [0.25, 0.3) is 0 Å². The standard InChI is InChI=1S/C24H33N7O3/c1-30(2)24(33)28-17-6-5-13-31(15-17)20-14-26-21(22(25)32)23(29-20)27-16-9-11-19(12-10-16)34-18-7-3-4-8-18/h9-12,14,17-18H,3-8,13,15H2,1-2H3,(H2,25,32)(H,27,29)(H,28,33)/t17-/m1/s1. The maximum Gasteiger partial charge on any atom is 0.317 e. The first-order chi connectivity index (χ1) is 16.4. The lowest BCUT2D eigenvalue weighted by Crippen LogP contribution is -2.50. The molecule has 34 heavy (non-hydrogen) atoms. The van der Waals surface area contributed by atoms with Crippen LogP contribution in [0.1, 0.15) is 49.0 Å². The maximum atomic E-state index is 12.0. The van der Waals surface area contributed by atoms with Crippen molar-refractivity contribution in [3.05, 3.63) is 36.2 Å². The monoisotopic (exact) mass is 467 g/mol. The molecule has 1 aliphatic heterocycles. The molecular weight excluding hydrogens is 434 g/mol. The van der Waals surface area contributed by atoms with Gasteiger partial charge in [-0.05, 0) is 62.8 Å². The van der Waals surface area contributed by atoms with E-state index in [0.717, 1.165) is 43.7 Å². The first-order valence-corrected chi connectivity index (χ1v) is 11.8. The van der Waals surface area contributed by atoms with E-state index in [2.05, 4.69) is 25.5 Å². The number of hydrogen-bond donors (Lipinski definition) is 3. The molecule has 2 heterocycles. The second-order valence-corrected chi connectivity index (χ2v) is 9.09. The number of primary amides is 1. The van der Waals surface area contributed by atoms with Gasteiger partial charge in [-0.2, -0.15) is 0 Å². The molecule has 10 nitrogen and oxygen atoms in total. The summed E-state index contributed by atoms with van der Waals surface area (Å²) in [4.78, 5) is 36.6. The topological polar surface area (TPSA) is 126 Å². The van der Waals surface area contributed by atoms with Gasteiger partial charge in [0.1, 0.15) is 11.6 Å². The van der Waals surface area contributed by atoms with Crippen LogP contribution in [0.5, 0.6) is 5.75 Å². The number of urea groups is 1. The summed E-state index contributed by atoms with van der Waals surface area (Å²) in [5.41, 5.74) is 6.38. The maximum absolute atomic E-state index is 12.0. The highest BCUT2D eigenvalue weighted by molar-refractivity contribution is 5.96. The van der Waals surface area contributed by atoms with E-state index in [1.807, 2.05) is 24.3 Å². The van der Waals surface area contributed by atoms with Gasteiger partial charge >= 0.3 is 6.03 Å². The van der Waals surface area contributed by atoms with E-state index in [9.17, 15) is 9.59 Å². The fraction of sp³-hybridized carbons (Fsp3) is 0.500. The summed E-state index contributed by atoms with van der Waals surface area (Å²) in [6, 6.07) is 7.47. The average molecular weight is 468 g/mol. The highest BCUT2D eigenvalue weighted by atomic mass is 16.5. The van der Waals surface area contributed by atoms with Crippen molar-refractivity contribution < 1.29 is 14.3 Å². The van der Waals surface area contributed by atoms with E-state index >= 15 is 0 Å². The Morgan fingerprint density at radius 1 is 1.12 bits per heavy atom. The number of hydrogen-bond acceptors (Lipinski definition) is 7. The van der Waals surface area contributed by atoms with Gasteiger partial charge in [-0.3, -0.25) is 4.79 Å². The number of carbonyl (C=O) groups excluding carboxylic acids is 2. The number of benzene rings is 1. The van der Waals surface area contributed by atoms with Gasteiger partial charge in [-0.15, -0.1) is 0 Å². The van der Waals surface area contributed by atoms with Gasteiger partial charge in [0.2, 0.25) is 0 Å². The molecule has 2 fully saturated rings. The predicted octanol–water partition coefficient (Wildman–Crippen LogP) is 2.88. The Kier molecular flexibility index (Phi) is 7.34. The van der Waals surface area contributed by atoms with E-state index in [-0.39, 0.29) is 17.8 Å². The number of amides is 3. The molecule has 1 aromatic heterocycles. The highest BCUT2D eigenvalue weighted by Crippen LogP contribution is 2.27. The number of nitrogens with two attached hydrogens (primary N) is 1. The van der Waals surface area contributed by atoms with Crippen molar-refractivity contribution >= 4 is 29.3 Å². The third-order valence-electron chi connectivity index (χ3n) is 6.19. The van der Waals surface area contributed by atoms with Crippen molar-refractivity contribution in [3.8, 4) is 5.75 Å². The molecule has 3 amide bonds.